The van der Waals surface area contributed by atoms with Gasteiger partial charge in [-0.05, 0) is 46.7 Å². The third-order valence-corrected chi connectivity index (χ3v) is 4.92. The van der Waals surface area contributed by atoms with E-state index in [1.807, 2.05) is 26.4 Å². The van der Waals surface area contributed by atoms with Gasteiger partial charge in [-0.1, -0.05) is 12.1 Å². The number of aromatic nitrogens is 3. The van der Waals surface area contributed by atoms with Crippen LogP contribution in [-0.4, -0.2) is 27.8 Å². The molecule has 0 radical (unpaired) electrons. The number of piperidine rings is 1. The maximum Gasteiger partial charge on any atom is 0.139 e. The second-order valence-corrected chi connectivity index (χ2v) is 6.41. The van der Waals surface area contributed by atoms with Crippen LogP contribution in [0, 0.1) is 13.8 Å². The van der Waals surface area contributed by atoms with E-state index in [0.29, 0.717) is 0 Å². The van der Waals surface area contributed by atoms with Gasteiger partial charge in [0.25, 0.3) is 0 Å². The Bertz CT molecular complexity index is 603. The summed E-state index contributed by atoms with van der Waals surface area (Å²) < 4.78 is 7.62. The lowest BCUT2D eigenvalue weighted by Crippen LogP contribution is -2.39. The van der Waals surface area contributed by atoms with E-state index in [-0.39, 0.29) is 11.5 Å². The maximum atomic E-state index is 5.33. The average molecular weight is 288 g/mol. The number of rotatable bonds is 3. The van der Waals surface area contributed by atoms with Crippen molar-refractivity contribution in [1.82, 2.24) is 20.0 Å². The van der Waals surface area contributed by atoms with Gasteiger partial charge < -0.3 is 14.4 Å². The van der Waals surface area contributed by atoms with Crippen molar-refractivity contribution in [1.29, 1.82) is 0 Å². The maximum absolute atomic E-state index is 5.33. The standard InChI is InChI=1S/C16H24N4O/c1-11-15(13(3)21-19-11)12(2)20-10-18-9-14(20)16(4)5-7-17-8-6-16/h9-10,12,17H,5-8H2,1-4H3. The van der Waals surface area contributed by atoms with Gasteiger partial charge in [-0.15, -0.1) is 0 Å². The summed E-state index contributed by atoms with van der Waals surface area (Å²) in [4.78, 5) is 4.42. The summed E-state index contributed by atoms with van der Waals surface area (Å²) in [7, 11) is 0. The van der Waals surface area contributed by atoms with Gasteiger partial charge in [-0.25, -0.2) is 4.98 Å². The SMILES string of the molecule is Cc1noc(C)c1C(C)n1cncc1C1(C)CCNCC1. The molecule has 0 aromatic carbocycles. The van der Waals surface area contributed by atoms with Crippen molar-refractivity contribution in [2.45, 2.75) is 52.0 Å². The predicted molar refractivity (Wildman–Crippen MR) is 81.5 cm³/mol. The number of aryl methyl sites for hydroxylation is 2. The van der Waals surface area contributed by atoms with Crippen molar-refractivity contribution in [3.63, 3.8) is 0 Å². The number of imidazole rings is 1. The predicted octanol–water partition coefficient (Wildman–Crippen LogP) is 2.74. The van der Waals surface area contributed by atoms with E-state index in [0.717, 1.165) is 37.4 Å². The fourth-order valence-corrected chi connectivity index (χ4v) is 3.54. The molecule has 5 heteroatoms. The molecule has 1 atom stereocenters. The number of nitrogens with zero attached hydrogens (tertiary/aromatic N) is 3. The molecule has 0 saturated carbocycles. The average Bonchev–Trinajstić information content (AvgIpc) is 3.07. The van der Waals surface area contributed by atoms with Gasteiger partial charge >= 0.3 is 0 Å². The summed E-state index contributed by atoms with van der Waals surface area (Å²) in [5.74, 6) is 0.898. The first-order chi connectivity index (χ1) is 10.0. The third-order valence-electron chi connectivity index (χ3n) is 4.92. The monoisotopic (exact) mass is 288 g/mol. The van der Waals surface area contributed by atoms with Gasteiger partial charge in [0, 0.05) is 22.9 Å². The second-order valence-electron chi connectivity index (χ2n) is 6.41. The highest BCUT2D eigenvalue weighted by atomic mass is 16.5. The molecule has 3 rings (SSSR count). The molecule has 0 bridgehead atoms. The topological polar surface area (TPSA) is 55.9 Å². The molecule has 1 unspecified atom stereocenters. The molecule has 0 amide bonds. The van der Waals surface area contributed by atoms with Gasteiger partial charge in [0.2, 0.25) is 0 Å². The summed E-state index contributed by atoms with van der Waals surface area (Å²) in [6.07, 6.45) is 6.26. The molecule has 3 heterocycles. The molecule has 21 heavy (non-hydrogen) atoms. The minimum absolute atomic E-state index is 0.189. The zero-order valence-corrected chi connectivity index (χ0v) is 13.3. The molecule has 0 spiro atoms. The summed E-state index contributed by atoms with van der Waals surface area (Å²) in [5, 5.41) is 7.53. The molecule has 2 aromatic heterocycles. The van der Waals surface area contributed by atoms with Crippen LogP contribution in [0.15, 0.2) is 17.0 Å². The van der Waals surface area contributed by atoms with E-state index < -0.39 is 0 Å². The van der Waals surface area contributed by atoms with Gasteiger partial charge in [0.05, 0.1) is 18.1 Å². The zero-order valence-electron chi connectivity index (χ0n) is 13.3. The van der Waals surface area contributed by atoms with Crippen LogP contribution in [0.3, 0.4) is 0 Å². The molecule has 5 nitrogen and oxygen atoms in total. The fraction of sp³-hybridized carbons (Fsp3) is 0.625. The molecule has 1 aliphatic rings. The fourth-order valence-electron chi connectivity index (χ4n) is 3.54. The van der Waals surface area contributed by atoms with Gasteiger partial charge in [-0.2, -0.15) is 0 Å². The van der Waals surface area contributed by atoms with Crippen LogP contribution in [0.4, 0.5) is 0 Å². The molecule has 1 fully saturated rings. The van der Waals surface area contributed by atoms with Crippen molar-refractivity contribution in [2.75, 3.05) is 13.1 Å². The van der Waals surface area contributed by atoms with Crippen LogP contribution >= 0.6 is 0 Å². The van der Waals surface area contributed by atoms with Gasteiger partial charge in [0.15, 0.2) is 0 Å². The minimum atomic E-state index is 0.189. The van der Waals surface area contributed by atoms with Crippen molar-refractivity contribution in [2.24, 2.45) is 0 Å². The van der Waals surface area contributed by atoms with Crippen molar-refractivity contribution < 1.29 is 4.52 Å². The smallest absolute Gasteiger partial charge is 0.139 e. The van der Waals surface area contributed by atoms with Crippen LogP contribution in [0.2, 0.25) is 0 Å². The largest absolute Gasteiger partial charge is 0.361 e. The molecule has 2 aromatic rings. The van der Waals surface area contributed by atoms with Crippen LogP contribution < -0.4 is 5.32 Å². The first-order valence-electron chi connectivity index (χ1n) is 7.69. The highest BCUT2D eigenvalue weighted by Gasteiger charge is 2.33. The summed E-state index contributed by atoms with van der Waals surface area (Å²) >= 11 is 0. The highest BCUT2D eigenvalue weighted by molar-refractivity contribution is 5.28. The van der Waals surface area contributed by atoms with Crippen molar-refractivity contribution in [3.05, 3.63) is 35.2 Å². The Hall–Kier alpha value is -1.62. The lowest BCUT2D eigenvalue weighted by molar-refractivity contribution is 0.313. The molecule has 114 valence electrons. The minimum Gasteiger partial charge on any atom is -0.361 e. The first kappa shape index (κ1) is 14.3. The summed E-state index contributed by atoms with van der Waals surface area (Å²) in [6, 6.07) is 0.195. The zero-order chi connectivity index (χ0) is 15.0. The first-order valence-corrected chi connectivity index (χ1v) is 7.69. The Balaban J connectivity index is 1.99. The molecule has 1 saturated heterocycles. The van der Waals surface area contributed by atoms with E-state index in [2.05, 4.69) is 33.9 Å². The molecular weight excluding hydrogens is 264 g/mol. The van der Waals surface area contributed by atoms with Crippen LogP contribution in [0.5, 0.6) is 0 Å². The molecule has 1 N–H and O–H groups in total. The highest BCUT2D eigenvalue weighted by Crippen LogP contribution is 2.36. The van der Waals surface area contributed by atoms with E-state index in [9.17, 15) is 0 Å². The normalized spacial score (nSPS) is 19.6. The Morgan fingerprint density at radius 3 is 2.67 bits per heavy atom. The van der Waals surface area contributed by atoms with E-state index in [1.54, 1.807) is 0 Å². The quantitative estimate of drug-likeness (QED) is 0.943. The molecular formula is C16H24N4O. The third kappa shape index (κ3) is 2.39. The van der Waals surface area contributed by atoms with Crippen molar-refractivity contribution >= 4 is 0 Å². The Morgan fingerprint density at radius 2 is 2.05 bits per heavy atom. The number of nitrogens with one attached hydrogen (secondary N) is 1. The van der Waals surface area contributed by atoms with Crippen LogP contribution in [0.25, 0.3) is 0 Å². The Labute approximate surface area is 125 Å². The lowest BCUT2D eigenvalue weighted by atomic mass is 9.78. The van der Waals surface area contributed by atoms with Gasteiger partial charge in [-0.3, -0.25) is 0 Å². The molecule has 1 aliphatic heterocycles. The lowest BCUT2D eigenvalue weighted by Gasteiger charge is -2.35. The van der Waals surface area contributed by atoms with Crippen LogP contribution in [0.1, 0.15) is 55.4 Å². The Morgan fingerprint density at radius 1 is 1.33 bits per heavy atom. The summed E-state index contributed by atoms with van der Waals surface area (Å²) in [6.45, 7) is 10.7. The van der Waals surface area contributed by atoms with Crippen LogP contribution in [-0.2, 0) is 5.41 Å². The molecule has 0 aliphatic carbocycles. The Kier molecular flexibility index (Phi) is 3.61. The van der Waals surface area contributed by atoms with E-state index >= 15 is 0 Å². The summed E-state index contributed by atoms with van der Waals surface area (Å²) in [5.41, 5.74) is 3.65. The number of hydrogen-bond acceptors (Lipinski definition) is 4. The van der Waals surface area contributed by atoms with Crippen molar-refractivity contribution in [3.8, 4) is 0 Å². The second kappa shape index (κ2) is 5.30. The van der Waals surface area contributed by atoms with E-state index in [4.69, 9.17) is 4.52 Å². The van der Waals surface area contributed by atoms with Gasteiger partial charge in [0.1, 0.15) is 5.76 Å². The number of hydrogen-bond donors (Lipinski definition) is 1. The van der Waals surface area contributed by atoms with E-state index in [1.165, 1.54) is 11.3 Å².